The lowest BCUT2D eigenvalue weighted by molar-refractivity contribution is 0.362. The van der Waals surface area contributed by atoms with Gasteiger partial charge in [-0.15, -0.1) is 0 Å². The third kappa shape index (κ3) is 2.85. The molecule has 0 spiro atoms. The number of halogens is 1. The first kappa shape index (κ1) is 14.6. The summed E-state index contributed by atoms with van der Waals surface area (Å²) in [5.41, 5.74) is 10.4. The van der Waals surface area contributed by atoms with E-state index < -0.39 is 0 Å². The highest BCUT2D eigenvalue weighted by Crippen LogP contribution is 2.38. The molecule has 0 aromatic heterocycles. The number of hydrogen-bond acceptors (Lipinski definition) is 2. The van der Waals surface area contributed by atoms with Gasteiger partial charge in [0.05, 0.1) is 7.11 Å². The van der Waals surface area contributed by atoms with E-state index in [4.69, 9.17) is 10.5 Å². The van der Waals surface area contributed by atoms with Crippen LogP contribution in [0.4, 0.5) is 0 Å². The summed E-state index contributed by atoms with van der Waals surface area (Å²) in [5.74, 6) is 0.887. The van der Waals surface area contributed by atoms with Gasteiger partial charge in [-0.3, -0.25) is 0 Å². The average Bonchev–Trinajstić information content (AvgIpc) is 2.50. The zero-order chi connectivity index (χ0) is 14.9. The van der Waals surface area contributed by atoms with E-state index in [1.165, 1.54) is 16.7 Å². The van der Waals surface area contributed by atoms with Gasteiger partial charge in [-0.05, 0) is 60.6 Å². The van der Waals surface area contributed by atoms with E-state index in [-0.39, 0.29) is 5.54 Å². The standard InChI is InChI=1S/C18H20BrNO/c1-21-15-9-8-13-6-4-10-18(20,16(13)11-15)12-14-5-2-3-7-17(14)19/h2-3,5,7-9,11H,4,6,10,12,20H2,1H3. The maximum atomic E-state index is 6.82. The van der Waals surface area contributed by atoms with Gasteiger partial charge >= 0.3 is 0 Å². The molecule has 1 unspecified atom stereocenters. The number of ether oxygens (including phenoxy) is 1. The smallest absolute Gasteiger partial charge is 0.119 e. The Labute approximate surface area is 134 Å². The van der Waals surface area contributed by atoms with Crippen LogP contribution in [0.1, 0.15) is 29.5 Å². The fraction of sp³-hybridized carbons (Fsp3) is 0.333. The molecular weight excluding hydrogens is 326 g/mol. The molecule has 2 nitrogen and oxygen atoms in total. The largest absolute Gasteiger partial charge is 0.497 e. The zero-order valence-corrected chi connectivity index (χ0v) is 13.8. The molecule has 3 heteroatoms. The van der Waals surface area contributed by atoms with Crippen LogP contribution in [0, 0.1) is 0 Å². The molecule has 21 heavy (non-hydrogen) atoms. The second-order valence-electron chi connectivity index (χ2n) is 5.80. The Balaban J connectivity index is 2.01. The zero-order valence-electron chi connectivity index (χ0n) is 12.2. The molecule has 0 saturated carbocycles. The predicted octanol–water partition coefficient (Wildman–Crippen LogP) is 4.19. The van der Waals surface area contributed by atoms with Crippen molar-refractivity contribution in [1.82, 2.24) is 0 Å². The lowest BCUT2D eigenvalue weighted by Crippen LogP contribution is -2.42. The molecule has 1 aliphatic rings. The molecule has 110 valence electrons. The van der Waals surface area contributed by atoms with Crippen molar-refractivity contribution < 1.29 is 4.74 Å². The Morgan fingerprint density at radius 2 is 2.05 bits per heavy atom. The molecule has 0 fully saturated rings. The fourth-order valence-corrected chi connectivity index (χ4v) is 3.68. The van der Waals surface area contributed by atoms with Crippen molar-refractivity contribution in [2.24, 2.45) is 5.73 Å². The first-order valence-electron chi connectivity index (χ1n) is 7.32. The second kappa shape index (κ2) is 5.82. The highest BCUT2D eigenvalue weighted by molar-refractivity contribution is 9.10. The number of nitrogens with two attached hydrogens (primary N) is 1. The van der Waals surface area contributed by atoms with E-state index in [0.717, 1.165) is 35.9 Å². The first-order valence-corrected chi connectivity index (χ1v) is 8.11. The maximum Gasteiger partial charge on any atom is 0.119 e. The maximum absolute atomic E-state index is 6.82. The van der Waals surface area contributed by atoms with Gasteiger partial charge in [0.2, 0.25) is 0 Å². The minimum atomic E-state index is -0.313. The van der Waals surface area contributed by atoms with E-state index >= 15 is 0 Å². The molecule has 0 amide bonds. The molecule has 3 rings (SSSR count). The van der Waals surface area contributed by atoms with E-state index in [0.29, 0.717) is 0 Å². The van der Waals surface area contributed by atoms with Crippen molar-refractivity contribution in [2.75, 3.05) is 7.11 Å². The Kier molecular flexibility index (Phi) is 4.05. The van der Waals surface area contributed by atoms with Crippen molar-refractivity contribution in [1.29, 1.82) is 0 Å². The number of fused-ring (bicyclic) bond motifs is 1. The molecule has 0 heterocycles. The Morgan fingerprint density at radius 1 is 1.24 bits per heavy atom. The summed E-state index contributed by atoms with van der Waals surface area (Å²) >= 11 is 3.64. The van der Waals surface area contributed by atoms with E-state index in [1.54, 1.807) is 7.11 Å². The number of hydrogen-bond donors (Lipinski definition) is 1. The Morgan fingerprint density at radius 3 is 2.81 bits per heavy atom. The van der Waals surface area contributed by atoms with Crippen LogP contribution in [-0.2, 0) is 18.4 Å². The number of aryl methyl sites for hydroxylation is 1. The van der Waals surface area contributed by atoms with Gasteiger partial charge in [0, 0.05) is 10.0 Å². The monoisotopic (exact) mass is 345 g/mol. The van der Waals surface area contributed by atoms with E-state index in [1.807, 2.05) is 12.1 Å². The molecular formula is C18H20BrNO. The molecule has 0 aliphatic heterocycles. The summed E-state index contributed by atoms with van der Waals surface area (Å²) in [6.45, 7) is 0. The number of methoxy groups -OCH3 is 1. The van der Waals surface area contributed by atoms with Crippen molar-refractivity contribution in [3.05, 3.63) is 63.6 Å². The fourth-order valence-electron chi connectivity index (χ4n) is 3.26. The normalized spacial score (nSPS) is 20.9. The van der Waals surface area contributed by atoms with Crippen LogP contribution in [0.3, 0.4) is 0 Å². The van der Waals surface area contributed by atoms with Gasteiger partial charge in [0.25, 0.3) is 0 Å². The van der Waals surface area contributed by atoms with Crippen molar-refractivity contribution >= 4 is 15.9 Å². The molecule has 2 aromatic rings. The van der Waals surface area contributed by atoms with Gasteiger partial charge in [-0.25, -0.2) is 0 Å². The second-order valence-corrected chi connectivity index (χ2v) is 6.66. The van der Waals surface area contributed by atoms with Crippen LogP contribution < -0.4 is 10.5 Å². The van der Waals surface area contributed by atoms with Crippen molar-refractivity contribution in [3.8, 4) is 5.75 Å². The Bertz CT molecular complexity index is 655. The highest BCUT2D eigenvalue weighted by Gasteiger charge is 2.33. The molecule has 1 atom stereocenters. The van der Waals surface area contributed by atoms with Crippen LogP contribution >= 0.6 is 15.9 Å². The lowest BCUT2D eigenvalue weighted by atomic mass is 9.74. The lowest BCUT2D eigenvalue weighted by Gasteiger charge is -2.36. The SMILES string of the molecule is COc1ccc2c(c1)C(N)(Cc1ccccc1Br)CCC2. The van der Waals surface area contributed by atoms with Crippen LogP contribution in [0.2, 0.25) is 0 Å². The van der Waals surface area contributed by atoms with Gasteiger partial charge in [-0.2, -0.15) is 0 Å². The Hall–Kier alpha value is -1.32. The minimum Gasteiger partial charge on any atom is -0.497 e. The molecule has 0 saturated heterocycles. The van der Waals surface area contributed by atoms with Gasteiger partial charge in [0.15, 0.2) is 0 Å². The molecule has 1 aliphatic carbocycles. The quantitative estimate of drug-likeness (QED) is 0.904. The summed E-state index contributed by atoms with van der Waals surface area (Å²) < 4.78 is 6.51. The summed E-state index contributed by atoms with van der Waals surface area (Å²) in [6.07, 6.45) is 4.09. The minimum absolute atomic E-state index is 0.313. The first-order chi connectivity index (χ1) is 10.1. The summed E-state index contributed by atoms with van der Waals surface area (Å²) in [7, 11) is 1.70. The third-order valence-corrected chi connectivity index (χ3v) is 5.16. The summed E-state index contributed by atoms with van der Waals surface area (Å²) in [4.78, 5) is 0. The van der Waals surface area contributed by atoms with Crippen molar-refractivity contribution in [2.45, 2.75) is 31.2 Å². The molecule has 2 aromatic carbocycles. The van der Waals surface area contributed by atoms with Gasteiger partial charge in [-0.1, -0.05) is 40.2 Å². The van der Waals surface area contributed by atoms with Crippen LogP contribution in [-0.4, -0.2) is 7.11 Å². The van der Waals surface area contributed by atoms with Crippen LogP contribution in [0.25, 0.3) is 0 Å². The number of rotatable bonds is 3. The molecule has 0 bridgehead atoms. The molecule has 2 N–H and O–H groups in total. The van der Waals surface area contributed by atoms with Crippen molar-refractivity contribution in [3.63, 3.8) is 0 Å². The highest BCUT2D eigenvalue weighted by atomic mass is 79.9. The third-order valence-electron chi connectivity index (χ3n) is 4.39. The number of benzene rings is 2. The van der Waals surface area contributed by atoms with Crippen LogP contribution in [0.5, 0.6) is 5.75 Å². The summed E-state index contributed by atoms with van der Waals surface area (Å²) in [5, 5.41) is 0. The van der Waals surface area contributed by atoms with E-state index in [9.17, 15) is 0 Å². The topological polar surface area (TPSA) is 35.2 Å². The summed E-state index contributed by atoms with van der Waals surface area (Å²) in [6, 6.07) is 14.6. The van der Waals surface area contributed by atoms with Gasteiger partial charge in [0.1, 0.15) is 5.75 Å². The van der Waals surface area contributed by atoms with Crippen LogP contribution in [0.15, 0.2) is 46.9 Å². The predicted molar refractivity (Wildman–Crippen MR) is 89.6 cm³/mol. The van der Waals surface area contributed by atoms with E-state index in [2.05, 4.69) is 46.3 Å². The van der Waals surface area contributed by atoms with Gasteiger partial charge < -0.3 is 10.5 Å². The average molecular weight is 346 g/mol. The molecule has 0 radical (unpaired) electrons.